The van der Waals surface area contributed by atoms with Crippen LogP contribution in [0.4, 0.5) is 14.5 Å². The molecule has 2 unspecified atom stereocenters. The summed E-state index contributed by atoms with van der Waals surface area (Å²) < 4.78 is 59.0. The van der Waals surface area contributed by atoms with E-state index in [1.54, 1.807) is 0 Å². The molecule has 0 spiro atoms. The highest BCUT2D eigenvalue weighted by Gasteiger charge is 2.32. The van der Waals surface area contributed by atoms with Gasteiger partial charge in [-0.1, -0.05) is 0 Å². The number of anilines is 1. The number of sulfonamides is 1. The Labute approximate surface area is 162 Å². The van der Waals surface area contributed by atoms with Crippen LogP contribution in [0.5, 0.6) is 0 Å². The molecule has 1 aliphatic rings. The molecule has 2 aromatic carbocycles. The highest BCUT2D eigenvalue weighted by molar-refractivity contribution is 7.89. The molecule has 6 nitrogen and oxygen atoms in total. The number of ether oxygens (including phenoxy) is 1. The summed E-state index contributed by atoms with van der Waals surface area (Å²) in [6.07, 6.45) is -0.410. The fraction of sp³-hybridized carbons (Fsp3) is 0.316. The van der Waals surface area contributed by atoms with Crippen molar-refractivity contribution in [3.8, 4) is 0 Å². The Morgan fingerprint density at radius 2 is 1.57 bits per heavy atom. The van der Waals surface area contributed by atoms with Gasteiger partial charge in [-0.25, -0.2) is 17.2 Å². The topological polar surface area (TPSA) is 75.7 Å². The van der Waals surface area contributed by atoms with Crippen molar-refractivity contribution in [1.29, 1.82) is 0 Å². The minimum atomic E-state index is -3.70. The Morgan fingerprint density at radius 1 is 1.04 bits per heavy atom. The zero-order valence-electron chi connectivity index (χ0n) is 15.4. The lowest BCUT2D eigenvalue weighted by Gasteiger charge is -2.34. The van der Waals surface area contributed by atoms with Gasteiger partial charge in [-0.05, 0) is 50.2 Å². The van der Waals surface area contributed by atoms with Gasteiger partial charge in [0.1, 0.15) is 11.6 Å². The number of halogens is 2. The van der Waals surface area contributed by atoms with Gasteiger partial charge >= 0.3 is 0 Å². The predicted molar refractivity (Wildman–Crippen MR) is 99.5 cm³/mol. The summed E-state index contributed by atoms with van der Waals surface area (Å²) in [7, 11) is -3.70. The maximum absolute atomic E-state index is 13.2. The number of benzene rings is 2. The number of carbonyl (C=O) groups is 1. The van der Waals surface area contributed by atoms with Gasteiger partial charge in [0.05, 0.1) is 17.1 Å². The zero-order valence-corrected chi connectivity index (χ0v) is 16.2. The first kappa shape index (κ1) is 20.4. The van der Waals surface area contributed by atoms with Crippen LogP contribution in [0.3, 0.4) is 0 Å². The summed E-state index contributed by atoms with van der Waals surface area (Å²) in [5, 5.41) is 2.48. The fourth-order valence-corrected chi connectivity index (χ4v) is 4.66. The van der Waals surface area contributed by atoms with Crippen LogP contribution in [0.25, 0.3) is 0 Å². The summed E-state index contributed by atoms with van der Waals surface area (Å²) in [6.45, 7) is 4.14. The molecule has 1 N–H and O–H groups in total. The Bertz CT molecular complexity index is 950. The molecule has 28 heavy (non-hydrogen) atoms. The smallest absolute Gasteiger partial charge is 0.255 e. The summed E-state index contributed by atoms with van der Waals surface area (Å²) in [5.41, 5.74) is 0.128. The Hall–Kier alpha value is -2.36. The number of morpholine rings is 1. The molecule has 0 bridgehead atoms. The van der Waals surface area contributed by atoms with Gasteiger partial charge in [0.15, 0.2) is 0 Å². The van der Waals surface area contributed by atoms with Crippen molar-refractivity contribution in [3.63, 3.8) is 0 Å². The van der Waals surface area contributed by atoms with Crippen molar-refractivity contribution < 1.29 is 26.7 Å². The van der Waals surface area contributed by atoms with Crippen molar-refractivity contribution >= 4 is 21.6 Å². The van der Waals surface area contributed by atoms with E-state index in [1.165, 1.54) is 28.6 Å². The summed E-state index contributed by atoms with van der Waals surface area (Å²) in [4.78, 5) is 12.2. The van der Waals surface area contributed by atoms with Gasteiger partial charge in [-0.3, -0.25) is 4.79 Å². The molecular formula is C19H20F2N2O4S. The van der Waals surface area contributed by atoms with Crippen LogP contribution in [0.15, 0.2) is 47.4 Å². The SMILES string of the molecule is CC1CN(S(=O)(=O)c2ccc(NC(=O)c3cc(F)cc(F)c3)cc2)CC(C)O1. The van der Waals surface area contributed by atoms with Crippen LogP contribution in [-0.2, 0) is 14.8 Å². The lowest BCUT2D eigenvalue weighted by atomic mass is 10.2. The fourth-order valence-electron chi connectivity index (χ4n) is 3.07. The minimum Gasteiger partial charge on any atom is -0.373 e. The van der Waals surface area contributed by atoms with Crippen LogP contribution in [0.1, 0.15) is 24.2 Å². The number of nitrogens with zero attached hydrogens (tertiary/aromatic N) is 1. The molecule has 150 valence electrons. The first-order chi connectivity index (χ1) is 13.1. The van der Waals surface area contributed by atoms with Gasteiger partial charge < -0.3 is 10.1 Å². The van der Waals surface area contributed by atoms with Crippen molar-refractivity contribution in [2.45, 2.75) is 31.0 Å². The Kier molecular flexibility index (Phi) is 5.78. The molecule has 3 rings (SSSR count). The number of rotatable bonds is 4. The van der Waals surface area contributed by atoms with E-state index in [0.29, 0.717) is 11.8 Å². The highest BCUT2D eigenvalue weighted by atomic mass is 32.2. The summed E-state index contributed by atoms with van der Waals surface area (Å²) in [5.74, 6) is -2.43. The maximum Gasteiger partial charge on any atom is 0.255 e. The standard InChI is InChI=1S/C19H20F2N2O4S/c1-12-10-23(11-13(2)27-12)28(25,26)18-5-3-17(4-6-18)22-19(24)14-7-15(20)9-16(21)8-14/h3-9,12-13H,10-11H2,1-2H3,(H,22,24). The largest absolute Gasteiger partial charge is 0.373 e. The van der Waals surface area contributed by atoms with Gasteiger partial charge in [-0.15, -0.1) is 0 Å². The third-order valence-electron chi connectivity index (χ3n) is 4.26. The maximum atomic E-state index is 13.2. The van der Waals surface area contributed by atoms with Crippen LogP contribution < -0.4 is 5.32 Å². The zero-order chi connectivity index (χ0) is 20.5. The number of hydrogen-bond donors (Lipinski definition) is 1. The molecule has 1 heterocycles. The molecule has 0 aliphatic carbocycles. The molecule has 1 fully saturated rings. The Morgan fingerprint density at radius 3 is 2.11 bits per heavy atom. The summed E-state index contributed by atoms with van der Waals surface area (Å²) >= 11 is 0. The Balaban J connectivity index is 1.75. The van der Waals surface area contributed by atoms with Gasteiger partial charge in [0.2, 0.25) is 10.0 Å². The van der Waals surface area contributed by atoms with E-state index < -0.39 is 27.6 Å². The van der Waals surface area contributed by atoms with Gasteiger partial charge in [-0.2, -0.15) is 4.31 Å². The first-order valence-electron chi connectivity index (χ1n) is 8.68. The highest BCUT2D eigenvalue weighted by Crippen LogP contribution is 2.23. The molecule has 1 saturated heterocycles. The molecular weight excluding hydrogens is 390 g/mol. The van der Waals surface area contributed by atoms with E-state index in [0.717, 1.165) is 12.1 Å². The number of hydrogen-bond acceptors (Lipinski definition) is 4. The second-order valence-electron chi connectivity index (χ2n) is 6.72. The van der Waals surface area contributed by atoms with Crippen molar-refractivity contribution in [3.05, 3.63) is 59.7 Å². The lowest BCUT2D eigenvalue weighted by Crippen LogP contribution is -2.48. The molecule has 2 aromatic rings. The molecule has 0 aromatic heterocycles. The van der Waals surface area contributed by atoms with Crippen LogP contribution in [0, 0.1) is 11.6 Å². The van der Waals surface area contributed by atoms with Crippen molar-refractivity contribution in [2.75, 3.05) is 18.4 Å². The summed E-state index contributed by atoms with van der Waals surface area (Å²) in [6, 6.07) is 8.10. The third kappa shape index (κ3) is 4.54. The van der Waals surface area contributed by atoms with E-state index in [9.17, 15) is 22.0 Å². The van der Waals surface area contributed by atoms with E-state index in [-0.39, 0.29) is 35.8 Å². The normalized spacial score (nSPS) is 20.7. The van der Waals surface area contributed by atoms with Crippen LogP contribution in [0.2, 0.25) is 0 Å². The third-order valence-corrected chi connectivity index (χ3v) is 6.11. The number of nitrogens with one attached hydrogen (secondary N) is 1. The molecule has 0 radical (unpaired) electrons. The van der Waals surface area contributed by atoms with Crippen molar-refractivity contribution in [2.24, 2.45) is 0 Å². The van der Waals surface area contributed by atoms with E-state index >= 15 is 0 Å². The second-order valence-corrected chi connectivity index (χ2v) is 8.65. The predicted octanol–water partition coefficient (Wildman–Crippen LogP) is 3.02. The van der Waals surface area contributed by atoms with Crippen LogP contribution in [-0.4, -0.2) is 43.9 Å². The molecule has 1 aliphatic heterocycles. The molecule has 0 saturated carbocycles. The van der Waals surface area contributed by atoms with E-state index in [1.807, 2.05) is 13.8 Å². The van der Waals surface area contributed by atoms with Gasteiger partial charge in [0, 0.05) is 30.4 Å². The number of carbonyl (C=O) groups excluding carboxylic acids is 1. The van der Waals surface area contributed by atoms with Crippen LogP contribution >= 0.6 is 0 Å². The molecule has 9 heteroatoms. The number of amides is 1. The second kappa shape index (κ2) is 7.94. The minimum absolute atomic E-state index is 0.0867. The average molecular weight is 410 g/mol. The average Bonchev–Trinajstić information content (AvgIpc) is 2.60. The first-order valence-corrected chi connectivity index (χ1v) is 10.1. The quantitative estimate of drug-likeness (QED) is 0.841. The molecule has 2 atom stereocenters. The van der Waals surface area contributed by atoms with E-state index in [2.05, 4.69) is 5.32 Å². The molecule has 1 amide bonds. The van der Waals surface area contributed by atoms with Gasteiger partial charge in [0.25, 0.3) is 5.91 Å². The van der Waals surface area contributed by atoms with Crippen molar-refractivity contribution in [1.82, 2.24) is 4.31 Å². The monoisotopic (exact) mass is 410 g/mol. The lowest BCUT2D eigenvalue weighted by molar-refractivity contribution is -0.0440. The van der Waals surface area contributed by atoms with E-state index in [4.69, 9.17) is 4.74 Å².